The molecule has 33 heavy (non-hydrogen) atoms. The average molecular weight is 467 g/mol. The molecule has 1 aliphatic rings. The SMILES string of the molecule is CNC(=O)Oc1nc2ccc(C3(O)c4ccccc4C(=O)N3c3ccc(F)c(Cl)c3)cc2[nH]1. The topological polar surface area (TPSA) is 108 Å². The van der Waals surface area contributed by atoms with Crippen LogP contribution in [0.5, 0.6) is 6.01 Å². The van der Waals surface area contributed by atoms with Gasteiger partial charge in [-0.15, -0.1) is 0 Å². The van der Waals surface area contributed by atoms with Crippen LogP contribution in [0.3, 0.4) is 0 Å². The summed E-state index contributed by atoms with van der Waals surface area (Å²) in [5.74, 6) is -1.11. The third-order valence-corrected chi connectivity index (χ3v) is 5.77. The number of anilines is 1. The summed E-state index contributed by atoms with van der Waals surface area (Å²) >= 11 is 5.97. The first-order chi connectivity index (χ1) is 15.8. The number of hydrogen-bond donors (Lipinski definition) is 3. The van der Waals surface area contributed by atoms with E-state index in [4.69, 9.17) is 16.3 Å². The van der Waals surface area contributed by atoms with Crippen LogP contribution in [0.1, 0.15) is 21.5 Å². The van der Waals surface area contributed by atoms with Gasteiger partial charge >= 0.3 is 12.1 Å². The lowest BCUT2D eigenvalue weighted by molar-refractivity contribution is 0.0704. The lowest BCUT2D eigenvalue weighted by Crippen LogP contribution is -2.45. The van der Waals surface area contributed by atoms with Gasteiger partial charge in [-0.1, -0.05) is 35.9 Å². The summed E-state index contributed by atoms with van der Waals surface area (Å²) in [4.78, 5) is 33.1. The van der Waals surface area contributed by atoms with E-state index in [0.29, 0.717) is 27.7 Å². The molecule has 3 N–H and O–H groups in total. The predicted octanol–water partition coefficient (Wildman–Crippen LogP) is 3.93. The van der Waals surface area contributed by atoms with Crippen LogP contribution in [-0.2, 0) is 5.72 Å². The maximum Gasteiger partial charge on any atom is 0.414 e. The second-order valence-corrected chi connectivity index (χ2v) is 7.78. The summed E-state index contributed by atoms with van der Waals surface area (Å²) in [5.41, 5.74) is 0.243. The van der Waals surface area contributed by atoms with Crippen molar-refractivity contribution in [1.82, 2.24) is 15.3 Å². The minimum absolute atomic E-state index is 0.0291. The van der Waals surface area contributed by atoms with E-state index in [1.165, 1.54) is 24.1 Å². The molecular weight excluding hydrogens is 451 g/mol. The Hall–Kier alpha value is -3.95. The molecule has 1 atom stereocenters. The molecule has 5 rings (SSSR count). The summed E-state index contributed by atoms with van der Waals surface area (Å²) in [7, 11) is 1.42. The minimum Gasteiger partial charge on any atom is -0.375 e. The summed E-state index contributed by atoms with van der Waals surface area (Å²) in [5, 5.41) is 14.2. The summed E-state index contributed by atoms with van der Waals surface area (Å²) in [6, 6.07) is 15.3. The first kappa shape index (κ1) is 20.9. The number of ether oxygens (including phenoxy) is 1. The highest BCUT2D eigenvalue weighted by atomic mass is 35.5. The van der Waals surface area contributed by atoms with E-state index in [-0.39, 0.29) is 16.7 Å². The van der Waals surface area contributed by atoms with E-state index < -0.39 is 23.5 Å². The molecule has 1 unspecified atom stereocenters. The molecule has 0 saturated heterocycles. The van der Waals surface area contributed by atoms with Crippen molar-refractivity contribution in [3.8, 4) is 6.01 Å². The molecular formula is C23H16ClFN4O4. The van der Waals surface area contributed by atoms with Gasteiger partial charge in [0.05, 0.1) is 16.1 Å². The number of aliphatic hydroxyl groups is 1. The van der Waals surface area contributed by atoms with Crippen LogP contribution in [0.2, 0.25) is 5.02 Å². The van der Waals surface area contributed by atoms with Crippen molar-refractivity contribution in [1.29, 1.82) is 0 Å². The van der Waals surface area contributed by atoms with Crippen molar-refractivity contribution in [3.05, 3.63) is 88.2 Å². The third kappa shape index (κ3) is 3.21. The highest BCUT2D eigenvalue weighted by Crippen LogP contribution is 2.45. The molecule has 1 aromatic heterocycles. The Kier molecular flexibility index (Phi) is 4.80. The number of benzene rings is 3. The first-order valence-corrected chi connectivity index (χ1v) is 10.2. The number of aromatic nitrogens is 2. The van der Waals surface area contributed by atoms with Crippen molar-refractivity contribution in [2.45, 2.75) is 5.72 Å². The van der Waals surface area contributed by atoms with Gasteiger partial charge in [0.15, 0.2) is 5.72 Å². The number of halogens is 2. The fourth-order valence-electron chi connectivity index (χ4n) is 3.96. The van der Waals surface area contributed by atoms with Gasteiger partial charge in [0.1, 0.15) is 5.82 Å². The van der Waals surface area contributed by atoms with Crippen LogP contribution < -0.4 is 15.0 Å². The highest BCUT2D eigenvalue weighted by Gasteiger charge is 2.50. The highest BCUT2D eigenvalue weighted by molar-refractivity contribution is 6.31. The quantitative estimate of drug-likeness (QED) is 0.424. The van der Waals surface area contributed by atoms with Gasteiger partial charge in [-0.25, -0.2) is 9.18 Å². The number of fused-ring (bicyclic) bond motifs is 2. The molecule has 0 aliphatic carbocycles. The van der Waals surface area contributed by atoms with Gasteiger partial charge in [-0.3, -0.25) is 9.69 Å². The lowest BCUT2D eigenvalue weighted by atomic mass is 9.93. The number of aromatic amines is 1. The van der Waals surface area contributed by atoms with Crippen molar-refractivity contribution in [3.63, 3.8) is 0 Å². The molecule has 0 spiro atoms. The smallest absolute Gasteiger partial charge is 0.375 e. The molecule has 2 heterocycles. The number of hydrogen-bond acceptors (Lipinski definition) is 5. The second kappa shape index (κ2) is 7.58. The first-order valence-electron chi connectivity index (χ1n) is 9.84. The summed E-state index contributed by atoms with van der Waals surface area (Å²) < 4.78 is 18.8. The van der Waals surface area contributed by atoms with E-state index in [1.807, 2.05) is 0 Å². The van der Waals surface area contributed by atoms with Gasteiger partial charge in [-0.05, 0) is 36.4 Å². The van der Waals surface area contributed by atoms with Crippen LogP contribution in [0, 0.1) is 5.82 Å². The number of nitrogens with one attached hydrogen (secondary N) is 2. The van der Waals surface area contributed by atoms with Crippen LogP contribution >= 0.6 is 11.6 Å². The molecule has 0 radical (unpaired) electrons. The standard InChI is InChI=1S/C23H16ClFN4O4/c1-26-22(31)33-21-27-18-9-6-12(10-19(18)28-21)23(32)15-5-3-2-4-14(15)20(30)29(23)13-7-8-17(25)16(24)11-13/h2-11,32H,1H3,(H,26,31)(H,27,28). The largest absolute Gasteiger partial charge is 0.414 e. The molecule has 4 aromatic rings. The predicted molar refractivity (Wildman–Crippen MR) is 119 cm³/mol. The molecule has 8 nitrogen and oxygen atoms in total. The van der Waals surface area contributed by atoms with E-state index in [2.05, 4.69) is 15.3 Å². The number of imidazole rings is 1. The Morgan fingerprint density at radius 1 is 1.21 bits per heavy atom. The number of nitrogens with zero attached hydrogens (tertiary/aromatic N) is 2. The molecule has 0 fully saturated rings. The zero-order valence-electron chi connectivity index (χ0n) is 17.1. The van der Waals surface area contributed by atoms with Crippen molar-refractivity contribution in [2.24, 2.45) is 0 Å². The average Bonchev–Trinajstić information content (AvgIpc) is 3.32. The molecule has 0 saturated carbocycles. The Bertz CT molecular complexity index is 1440. The Balaban J connectivity index is 1.68. The van der Waals surface area contributed by atoms with E-state index in [9.17, 15) is 19.1 Å². The zero-order chi connectivity index (χ0) is 23.3. The molecule has 1 aliphatic heterocycles. The molecule has 3 aromatic carbocycles. The van der Waals surface area contributed by atoms with E-state index >= 15 is 0 Å². The molecule has 2 amide bonds. The number of amides is 2. The van der Waals surface area contributed by atoms with E-state index in [0.717, 1.165) is 6.07 Å². The number of rotatable bonds is 3. The number of carbonyl (C=O) groups is 2. The molecule has 10 heteroatoms. The lowest BCUT2D eigenvalue weighted by Gasteiger charge is -2.35. The van der Waals surface area contributed by atoms with Gasteiger partial charge < -0.3 is 20.1 Å². The normalized spacial score (nSPS) is 17.3. The zero-order valence-corrected chi connectivity index (χ0v) is 17.9. The maximum atomic E-state index is 13.8. The van der Waals surface area contributed by atoms with Gasteiger partial charge in [0.25, 0.3) is 5.91 Å². The summed E-state index contributed by atoms with van der Waals surface area (Å²) in [6.07, 6.45) is -0.692. The Morgan fingerprint density at radius 3 is 2.76 bits per heavy atom. The monoisotopic (exact) mass is 466 g/mol. The van der Waals surface area contributed by atoms with Gasteiger partial charge in [-0.2, -0.15) is 4.98 Å². The Morgan fingerprint density at radius 2 is 2.00 bits per heavy atom. The van der Waals surface area contributed by atoms with Crippen molar-refractivity contribution < 1.29 is 23.8 Å². The minimum atomic E-state index is -1.92. The number of H-pyrrole nitrogens is 1. The van der Waals surface area contributed by atoms with Crippen molar-refractivity contribution in [2.75, 3.05) is 11.9 Å². The second-order valence-electron chi connectivity index (χ2n) is 7.37. The molecule has 0 bridgehead atoms. The van der Waals surface area contributed by atoms with Crippen LogP contribution in [0.25, 0.3) is 11.0 Å². The Labute approximate surface area is 191 Å². The van der Waals surface area contributed by atoms with Crippen molar-refractivity contribution >= 4 is 40.3 Å². The maximum absolute atomic E-state index is 13.8. The fourth-order valence-corrected chi connectivity index (χ4v) is 4.14. The van der Waals surface area contributed by atoms with E-state index in [1.54, 1.807) is 42.5 Å². The van der Waals surface area contributed by atoms with Gasteiger partial charge in [0, 0.05) is 29.4 Å². The number of carbonyl (C=O) groups excluding carboxylic acids is 2. The molecule has 166 valence electrons. The fraction of sp³-hybridized carbons (Fsp3) is 0.0870. The van der Waals surface area contributed by atoms with Gasteiger partial charge in [0.2, 0.25) is 0 Å². The van der Waals surface area contributed by atoms with Crippen LogP contribution in [0.4, 0.5) is 14.9 Å². The van der Waals surface area contributed by atoms with Crippen LogP contribution in [-0.4, -0.2) is 34.1 Å². The van der Waals surface area contributed by atoms with Crippen LogP contribution in [0.15, 0.2) is 60.7 Å². The summed E-state index contributed by atoms with van der Waals surface area (Å²) in [6.45, 7) is 0. The third-order valence-electron chi connectivity index (χ3n) is 5.48.